The van der Waals surface area contributed by atoms with Gasteiger partial charge in [-0.1, -0.05) is 18.2 Å². The lowest BCUT2D eigenvalue weighted by Gasteiger charge is -2.13. The van der Waals surface area contributed by atoms with Crippen molar-refractivity contribution in [2.24, 2.45) is 5.14 Å². The van der Waals surface area contributed by atoms with Crippen LogP contribution in [0.3, 0.4) is 0 Å². The van der Waals surface area contributed by atoms with Gasteiger partial charge in [-0.2, -0.15) is 0 Å². The molecule has 0 aliphatic carbocycles. The van der Waals surface area contributed by atoms with Gasteiger partial charge in [-0.05, 0) is 69.9 Å². The number of fused-ring (bicyclic) bond motifs is 1. The number of halogens is 1. The van der Waals surface area contributed by atoms with Crippen molar-refractivity contribution in [1.82, 2.24) is 9.55 Å². The Hall–Kier alpha value is -2.08. The number of thiophene rings is 1. The van der Waals surface area contributed by atoms with E-state index in [1.54, 1.807) is 16.7 Å². The first-order chi connectivity index (χ1) is 13.3. The van der Waals surface area contributed by atoms with Gasteiger partial charge < -0.3 is 0 Å². The fourth-order valence-electron chi connectivity index (χ4n) is 2.90. The largest absolute Gasteiger partial charge is 0.287 e. The number of aromatic nitrogens is 2. The molecule has 0 unspecified atom stereocenters. The van der Waals surface area contributed by atoms with Gasteiger partial charge in [-0.15, -0.1) is 11.3 Å². The molecule has 0 spiro atoms. The Morgan fingerprint density at radius 2 is 1.86 bits per heavy atom. The third-order valence-electron chi connectivity index (χ3n) is 4.25. The molecule has 4 rings (SSSR count). The van der Waals surface area contributed by atoms with Gasteiger partial charge in [0, 0.05) is 3.57 Å². The predicted molar refractivity (Wildman–Crippen MR) is 119 cm³/mol. The molecular weight excluding hydrogens is 509 g/mol. The fraction of sp³-hybridized carbons (Fsp3) is 0.0526. The molecule has 0 radical (unpaired) electrons. The lowest BCUT2D eigenvalue weighted by molar-refractivity contribution is 0.597. The Labute approximate surface area is 178 Å². The molecule has 2 aromatic heterocycles. The summed E-state index contributed by atoms with van der Waals surface area (Å²) >= 11 is 3.67. The zero-order valence-corrected chi connectivity index (χ0v) is 18.2. The van der Waals surface area contributed by atoms with Gasteiger partial charge in [0.05, 0.1) is 27.2 Å². The number of nitrogens with zero attached hydrogens (tertiary/aromatic N) is 2. The lowest BCUT2D eigenvalue weighted by Crippen LogP contribution is -2.24. The third-order valence-corrected chi connectivity index (χ3v) is 6.72. The maximum Gasteiger partial charge on any atom is 0.262 e. The highest BCUT2D eigenvalue weighted by Gasteiger charge is 2.15. The quantitative estimate of drug-likeness (QED) is 0.415. The molecule has 0 aliphatic rings. The first kappa shape index (κ1) is 19.2. The molecule has 0 amide bonds. The minimum absolute atomic E-state index is 0.0354. The standard InChI is InChI=1S/C19H14IN3O3S2/c20-13-5-8-16-15(10-13)19(24)23(18(22-16)17-2-1-9-27-17)11-12-3-6-14(7-4-12)28(21,25)26/h1-10H,11H2,(H2,21,25,26). The molecule has 0 saturated carbocycles. The molecule has 28 heavy (non-hydrogen) atoms. The summed E-state index contributed by atoms with van der Waals surface area (Å²) in [4.78, 5) is 18.9. The second kappa shape index (κ2) is 7.39. The van der Waals surface area contributed by atoms with E-state index in [2.05, 4.69) is 22.6 Å². The Bertz CT molecular complexity index is 1330. The van der Waals surface area contributed by atoms with Crippen LogP contribution in [0.1, 0.15) is 5.56 Å². The number of rotatable bonds is 4. The first-order valence-electron chi connectivity index (χ1n) is 8.19. The smallest absolute Gasteiger partial charge is 0.262 e. The van der Waals surface area contributed by atoms with E-state index in [-0.39, 0.29) is 17.0 Å². The molecule has 0 saturated heterocycles. The summed E-state index contributed by atoms with van der Waals surface area (Å²) < 4.78 is 25.5. The summed E-state index contributed by atoms with van der Waals surface area (Å²) in [6.07, 6.45) is 0. The SMILES string of the molecule is NS(=O)(=O)c1ccc(Cn2c(-c3cccs3)nc3ccc(I)cc3c2=O)cc1. The zero-order chi connectivity index (χ0) is 19.9. The molecule has 142 valence electrons. The molecule has 4 aromatic rings. The fourth-order valence-corrected chi connectivity index (χ4v) is 4.63. The summed E-state index contributed by atoms with van der Waals surface area (Å²) in [5.74, 6) is 0.587. The first-order valence-corrected chi connectivity index (χ1v) is 11.7. The van der Waals surface area contributed by atoms with Crippen LogP contribution in [0.5, 0.6) is 0 Å². The number of benzene rings is 2. The van der Waals surface area contributed by atoms with E-state index < -0.39 is 10.0 Å². The van der Waals surface area contributed by atoms with Gasteiger partial charge in [0.2, 0.25) is 10.0 Å². The van der Waals surface area contributed by atoms with Crippen LogP contribution in [-0.4, -0.2) is 18.0 Å². The topological polar surface area (TPSA) is 95.1 Å². The summed E-state index contributed by atoms with van der Waals surface area (Å²) in [7, 11) is -3.76. The van der Waals surface area contributed by atoms with Crippen molar-refractivity contribution in [3.8, 4) is 10.7 Å². The molecular formula is C19H14IN3O3S2. The highest BCUT2D eigenvalue weighted by molar-refractivity contribution is 14.1. The molecule has 0 fully saturated rings. The van der Waals surface area contributed by atoms with Crippen molar-refractivity contribution in [3.05, 3.63) is 79.5 Å². The molecule has 2 heterocycles. The molecule has 0 bridgehead atoms. The third kappa shape index (κ3) is 3.75. The van der Waals surface area contributed by atoms with Crippen LogP contribution in [0.15, 0.2) is 69.7 Å². The summed E-state index contributed by atoms with van der Waals surface area (Å²) in [6, 6.07) is 15.6. The second-order valence-electron chi connectivity index (χ2n) is 6.15. The van der Waals surface area contributed by atoms with E-state index in [0.29, 0.717) is 16.7 Å². The Morgan fingerprint density at radius 1 is 1.11 bits per heavy atom. The lowest BCUT2D eigenvalue weighted by atomic mass is 10.2. The maximum absolute atomic E-state index is 13.2. The van der Waals surface area contributed by atoms with Crippen LogP contribution in [0, 0.1) is 3.57 Å². The number of hydrogen-bond donors (Lipinski definition) is 1. The Morgan fingerprint density at radius 3 is 2.50 bits per heavy atom. The van der Waals surface area contributed by atoms with Crippen LogP contribution in [0.2, 0.25) is 0 Å². The number of primary sulfonamides is 1. The maximum atomic E-state index is 13.2. The number of sulfonamides is 1. The van der Waals surface area contributed by atoms with E-state index >= 15 is 0 Å². The highest BCUT2D eigenvalue weighted by Crippen LogP contribution is 2.25. The molecule has 0 aliphatic heterocycles. The van der Waals surface area contributed by atoms with E-state index in [4.69, 9.17) is 10.1 Å². The number of nitrogens with two attached hydrogens (primary N) is 1. The zero-order valence-electron chi connectivity index (χ0n) is 14.4. The Balaban J connectivity index is 1.88. The van der Waals surface area contributed by atoms with Crippen LogP contribution in [-0.2, 0) is 16.6 Å². The van der Waals surface area contributed by atoms with E-state index in [0.717, 1.165) is 14.0 Å². The molecule has 2 aromatic carbocycles. The summed E-state index contributed by atoms with van der Waals surface area (Å²) in [6.45, 7) is 0.269. The van der Waals surface area contributed by atoms with Gasteiger partial charge >= 0.3 is 0 Å². The molecule has 6 nitrogen and oxygen atoms in total. The van der Waals surface area contributed by atoms with Crippen molar-refractivity contribution >= 4 is 54.9 Å². The van der Waals surface area contributed by atoms with Crippen LogP contribution in [0.4, 0.5) is 0 Å². The van der Waals surface area contributed by atoms with Crippen LogP contribution in [0.25, 0.3) is 21.6 Å². The van der Waals surface area contributed by atoms with Crippen molar-refractivity contribution in [2.45, 2.75) is 11.4 Å². The van der Waals surface area contributed by atoms with Crippen molar-refractivity contribution in [3.63, 3.8) is 0 Å². The van der Waals surface area contributed by atoms with Gasteiger partial charge in [0.15, 0.2) is 5.82 Å². The Kier molecular flexibility index (Phi) is 5.08. The van der Waals surface area contributed by atoms with Crippen LogP contribution < -0.4 is 10.7 Å². The second-order valence-corrected chi connectivity index (χ2v) is 9.91. The number of hydrogen-bond acceptors (Lipinski definition) is 5. The highest BCUT2D eigenvalue weighted by atomic mass is 127. The van der Waals surface area contributed by atoms with E-state index in [9.17, 15) is 13.2 Å². The van der Waals surface area contributed by atoms with Gasteiger partial charge in [-0.25, -0.2) is 18.5 Å². The minimum Gasteiger partial charge on any atom is -0.287 e. The monoisotopic (exact) mass is 523 g/mol. The summed E-state index contributed by atoms with van der Waals surface area (Å²) in [5.41, 5.74) is 1.29. The predicted octanol–water partition coefficient (Wildman–Crippen LogP) is 3.43. The van der Waals surface area contributed by atoms with E-state index in [1.807, 2.05) is 35.7 Å². The summed E-state index contributed by atoms with van der Waals surface area (Å²) in [5, 5.41) is 7.64. The van der Waals surface area contributed by atoms with Crippen molar-refractivity contribution in [1.29, 1.82) is 0 Å². The molecule has 2 N–H and O–H groups in total. The average Bonchev–Trinajstić information content (AvgIpc) is 3.18. The van der Waals surface area contributed by atoms with Gasteiger partial charge in [0.25, 0.3) is 5.56 Å². The van der Waals surface area contributed by atoms with Gasteiger partial charge in [0.1, 0.15) is 0 Å². The molecule has 0 atom stereocenters. The average molecular weight is 523 g/mol. The molecule has 9 heteroatoms. The normalized spacial score (nSPS) is 11.8. The van der Waals surface area contributed by atoms with Gasteiger partial charge in [-0.3, -0.25) is 9.36 Å². The van der Waals surface area contributed by atoms with Crippen LogP contribution >= 0.6 is 33.9 Å². The van der Waals surface area contributed by atoms with Crippen molar-refractivity contribution in [2.75, 3.05) is 0 Å². The van der Waals surface area contributed by atoms with E-state index in [1.165, 1.54) is 23.5 Å². The van der Waals surface area contributed by atoms with Crippen molar-refractivity contribution < 1.29 is 8.42 Å². The minimum atomic E-state index is -3.76.